The lowest BCUT2D eigenvalue weighted by Gasteiger charge is -2.21. The summed E-state index contributed by atoms with van der Waals surface area (Å²) in [7, 11) is 0. The predicted molar refractivity (Wildman–Crippen MR) is 109 cm³/mol. The number of aromatic nitrogens is 4. The normalized spacial score (nSPS) is 14.8. The molecule has 4 rings (SSSR count). The van der Waals surface area contributed by atoms with Gasteiger partial charge in [-0.25, -0.2) is 4.98 Å². The van der Waals surface area contributed by atoms with Crippen molar-refractivity contribution in [3.05, 3.63) is 46.6 Å². The van der Waals surface area contributed by atoms with Gasteiger partial charge in [-0.2, -0.15) is 9.78 Å². The summed E-state index contributed by atoms with van der Waals surface area (Å²) in [6.07, 6.45) is 9.16. The minimum Gasteiger partial charge on any atom is -0.463 e. The van der Waals surface area contributed by atoms with E-state index in [9.17, 15) is 9.59 Å². The van der Waals surface area contributed by atoms with Gasteiger partial charge in [-0.3, -0.25) is 14.6 Å². The molecular weight excluding hydrogens is 370 g/mol. The van der Waals surface area contributed by atoms with Crippen molar-refractivity contribution < 1.29 is 9.21 Å². The first-order valence-corrected chi connectivity index (χ1v) is 10.1. The molecule has 1 aliphatic rings. The average molecular weight is 395 g/mol. The summed E-state index contributed by atoms with van der Waals surface area (Å²) in [5, 5.41) is 7.41. The van der Waals surface area contributed by atoms with Gasteiger partial charge in [0.1, 0.15) is 11.5 Å². The molecule has 1 saturated carbocycles. The Morgan fingerprint density at radius 2 is 2.14 bits per heavy atom. The highest BCUT2D eigenvalue weighted by atomic mass is 16.3. The smallest absolute Gasteiger partial charge is 0.252 e. The summed E-state index contributed by atoms with van der Waals surface area (Å²) in [6, 6.07) is 6.68. The molecule has 0 saturated heterocycles. The minimum absolute atomic E-state index is 0.0716. The Kier molecular flexibility index (Phi) is 5.59. The third-order valence-electron chi connectivity index (χ3n) is 5.31. The van der Waals surface area contributed by atoms with E-state index in [-0.39, 0.29) is 17.4 Å². The minimum atomic E-state index is -0.280. The Hall–Kier alpha value is -3.16. The summed E-state index contributed by atoms with van der Waals surface area (Å²) in [6.45, 7) is 1.73. The van der Waals surface area contributed by atoms with Crippen LogP contribution in [-0.4, -0.2) is 25.7 Å². The van der Waals surface area contributed by atoms with Gasteiger partial charge in [-0.15, -0.1) is 0 Å². The van der Waals surface area contributed by atoms with E-state index in [0.717, 1.165) is 6.42 Å². The van der Waals surface area contributed by atoms with E-state index >= 15 is 0 Å². The average Bonchev–Trinajstić information content (AvgIpc) is 3.36. The fourth-order valence-corrected chi connectivity index (χ4v) is 3.86. The maximum absolute atomic E-state index is 12.6. The molecule has 1 amide bonds. The van der Waals surface area contributed by atoms with Crippen molar-refractivity contribution in [1.82, 2.24) is 19.7 Å². The van der Waals surface area contributed by atoms with Gasteiger partial charge >= 0.3 is 0 Å². The highest BCUT2D eigenvalue weighted by Crippen LogP contribution is 2.28. The summed E-state index contributed by atoms with van der Waals surface area (Å²) >= 11 is 0. The fraction of sp³-hybridized carbons (Fsp3) is 0.429. The Labute approximate surface area is 168 Å². The van der Waals surface area contributed by atoms with Crippen molar-refractivity contribution in [3.8, 4) is 17.4 Å². The number of carbonyl (C=O) groups is 1. The summed E-state index contributed by atoms with van der Waals surface area (Å²) in [5.74, 6) is 1.82. The zero-order chi connectivity index (χ0) is 20.2. The number of furan rings is 1. The van der Waals surface area contributed by atoms with Crippen LogP contribution in [0.25, 0.3) is 17.4 Å². The van der Waals surface area contributed by atoms with Gasteiger partial charge in [0.2, 0.25) is 11.9 Å². The van der Waals surface area contributed by atoms with E-state index in [1.54, 1.807) is 31.4 Å². The van der Waals surface area contributed by atoms with Gasteiger partial charge in [0.05, 0.1) is 6.26 Å². The van der Waals surface area contributed by atoms with E-state index in [1.807, 2.05) is 0 Å². The van der Waals surface area contributed by atoms with Crippen molar-refractivity contribution >= 4 is 11.7 Å². The number of aromatic amines is 1. The van der Waals surface area contributed by atoms with Crippen molar-refractivity contribution in [2.45, 2.75) is 51.9 Å². The van der Waals surface area contributed by atoms with Crippen LogP contribution in [-0.2, 0) is 4.79 Å². The van der Waals surface area contributed by atoms with Crippen LogP contribution >= 0.6 is 0 Å². The molecule has 152 valence electrons. The van der Waals surface area contributed by atoms with Crippen molar-refractivity contribution in [2.24, 2.45) is 5.92 Å². The third-order valence-corrected chi connectivity index (χ3v) is 5.31. The Bertz CT molecular complexity index is 1030. The number of nitrogens with zero attached hydrogens (tertiary/aromatic N) is 3. The van der Waals surface area contributed by atoms with Crippen LogP contribution in [0.4, 0.5) is 5.82 Å². The summed E-state index contributed by atoms with van der Waals surface area (Å²) in [4.78, 5) is 31.5. The second kappa shape index (κ2) is 8.46. The molecule has 2 N–H and O–H groups in total. The van der Waals surface area contributed by atoms with Crippen molar-refractivity contribution in [2.75, 3.05) is 5.32 Å². The Morgan fingerprint density at radius 3 is 2.86 bits per heavy atom. The molecule has 0 unspecified atom stereocenters. The molecule has 0 aromatic carbocycles. The van der Waals surface area contributed by atoms with Crippen LogP contribution in [0.5, 0.6) is 0 Å². The van der Waals surface area contributed by atoms with Crippen LogP contribution in [0.3, 0.4) is 0 Å². The van der Waals surface area contributed by atoms with Gasteiger partial charge in [0.15, 0.2) is 5.76 Å². The molecule has 1 aliphatic carbocycles. The Balaban J connectivity index is 1.57. The molecule has 8 heteroatoms. The van der Waals surface area contributed by atoms with Crippen LogP contribution in [0, 0.1) is 12.8 Å². The molecule has 0 radical (unpaired) electrons. The maximum Gasteiger partial charge on any atom is 0.252 e. The van der Waals surface area contributed by atoms with Crippen LogP contribution in [0.15, 0.2) is 39.7 Å². The lowest BCUT2D eigenvalue weighted by molar-refractivity contribution is -0.116. The lowest BCUT2D eigenvalue weighted by atomic mass is 9.86. The molecule has 0 bridgehead atoms. The molecule has 3 aromatic rings. The first-order chi connectivity index (χ1) is 14.1. The number of anilines is 1. The van der Waals surface area contributed by atoms with E-state index in [0.29, 0.717) is 35.3 Å². The predicted octanol–water partition coefficient (Wildman–Crippen LogP) is 3.82. The summed E-state index contributed by atoms with van der Waals surface area (Å²) < 4.78 is 6.86. The number of hydrogen-bond donors (Lipinski definition) is 2. The largest absolute Gasteiger partial charge is 0.463 e. The molecule has 0 aliphatic heterocycles. The fourth-order valence-electron chi connectivity index (χ4n) is 3.86. The van der Waals surface area contributed by atoms with Gasteiger partial charge in [-0.1, -0.05) is 32.1 Å². The van der Waals surface area contributed by atoms with Gasteiger partial charge < -0.3 is 9.73 Å². The van der Waals surface area contributed by atoms with Gasteiger partial charge in [0.25, 0.3) is 5.56 Å². The highest BCUT2D eigenvalue weighted by molar-refractivity contribution is 5.90. The second-order valence-corrected chi connectivity index (χ2v) is 7.61. The number of amides is 1. The lowest BCUT2D eigenvalue weighted by Crippen LogP contribution is -2.19. The van der Waals surface area contributed by atoms with E-state index < -0.39 is 0 Å². The number of nitrogens with one attached hydrogen (secondary N) is 2. The second-order valence-electron chi connectivity index (χ2n) is 7.61. The molecule has 3 aromatic heterocycles. The van der Waals surface area contributed by atoms with Crippen LogP contribution in [0.2, 0.25) is 0 Å². The molecular formula is C21H25N5O3. The zero-order valence-electron chi connectivity index (χ0n) is 16.5. The number of hydrogen-bond acceptors (Lipinski definition) is 5. The number of aryl methyl sites for hydroxylation is 1. The van der Waals surface area contributed by atoms with Crippen LogP contribution < -0.4 is 10.9 Å². The van der Waals surface area contributed by atoms with E-state index in [1.165, 1.54) is 42.9 Å². The quantitative estimate of drug-likeness (QED) is 0.660. The van der Waals surface area contributed by atoms with Crippen molar-refractivity contribution in [1.29, 1.82) is 0 Å². The molecule has 0 atom stereocenters. The third kappa shape index (κ3) is 4.64. The van der Waals surface area contributed by atoms with E-state index in [4.69, 9.17) is 4.42 Å². The van der Waals surface area contributed by atoms with E-state index in [2.05, 4.69) is 20.4 Å². The number of rotatable bonds is 6. The first kappa shape index (κ1) is 19.2. The SMILES string of the molecule is Cc1cc(=O)[nH]c(-n2nc(-c3ccco3)cc2NC(=O)CCC2CCCCC2)n1. The standard InChI is InChI=1S/C21H25N5O3/c1-14-12-20(28)24-21(22-14)26-18(13-16(25-26)17-8-5-11-29-17)23-19(27)10-9-15-6-3-2-4-7-15/h5,8,11-13,15H,2-4,6-7,9-10H2,1H3,(H,23,27)(H,22,24,28). The van der Waals surface area contributed by atoms with Crippen LogP contribution in [0.1, 0.15) is 50.6 Å². The number of carbonyl (C=O) groups excluding carboxylic acids is 1. The first-order valence-electron chi connectivity index (χ1n) is 10.1. The Morgan fingerprint density at radius 1 is 1.31 bits per heavy atom. The highest BCUT2D eigenvalue weighted by Gasteiger charge is 2.19. The topological polar surface area (TPSA) is 106 Å². The van der Waals surface area contributed by atoms with Gasteiger partial charge in [-0.05, 0) is 31.4 Å². The molecule has 1 fully saturated rings. The monoisotopic (exact) mass is 395 g/mol. The molecule has 0 spiro atoms. The molecule has 29 heavy (non-hydrogen) atoms. The molecule has 8 nitrogen and oxygen atoms in total. The molecule has 3 heterocycles. The number of H-pyrrole nitrogens is 1. The van der Waals surface area contributed by atoms with Crippen molar-refractivity contribution in [3.63, 3.8) is 0 Å². The van der Waals surface area contributed by atoms with Gasteiger partial charge in [0, 0.05) is 24.2 Å². The zero-order valence-corrected chi connectivity index (χ0v) is 16.5. The summed E-state index contributed by atoms with van der Waals surface area (Å²) in [5.41, 5.74) is 0.826. The maximum atomic E-state index is 12.6.